The van der Waals surface area contributed by atoms with Gasteiger partial charge in [0.05, 0.1) is 12.2 Å². The highest BCUT2D eigenvalue weighted by Crippen LogP contribution is 2.12. The van der Waals surface area contributed by atoms with Gasteiger partial charge in [-0.1, -0.05) is 95.8 Å². The summed E-state index contributed by atoms with van der Waals surface area (Å²) in [4.78, 5) is 21.4. The molecule has 0 aromatic heterocycles. The van der Waals surface area contributed by atoms with Gasteiger partial charge >= 0.3 is 5.97 Å². The molecular weight excluding hydrogens is 300 g/mol. The summed E-state index contributed by atoms with van der Waals surface area (Å²) < 4.78 is 0. The highest BCUT2D eigenvalue weighted by Gasteiger charge is 2.06. The highest BCUT2D eigenvalue weighted by atomic mass is 17.2. The third kappa shape index (κ3) is 11.2. The zero-order valence-electron chi connectivity index (χ0n) is 15.3. The van der Waals surface area contributed by atoms with Crippen LogP contribution in [0.25, 0.3) is 0 Å². The zero-order chi connectivity index (χ0) is 17.3. The van der Waals surface area contributed by atoms with Crippen molar-refractivity contribution in [2.75, 3.05) is 6.61 Å². The molecule has 0 aliphatic heterocycles. The summed E-state index contributed by atoms with van der Waals surface area (Å²) in [5.74, 6) is -0.422. The predicted octanol–water partition coefficient (Wildman–Crippen LogP) is 6.48. The number of hydrogen-bond acceptors (Lipinski definition) is 3. The van der Waals surface area contributed by atoms with E-state index in [1.807, 2.05) is 18.2 Å². The van der Waals surface area contributed by atoms with Gasteiger partial charge in [-0.25, -0.2) is 4.79 Å². The third-order valence-corrected chi connectivity index (χ3v) is 4.23. The lowest BCUT2D eigenvalue weighted by Gasteiger charge is -2.04. The molecule has 136 valence electrons. The Bertz CT molecular complexity index is 403. The number of benzene rings is 1. The highest BCUT2D eigenvalue weighted by molar-refractivity contribution is 5.88. The molecule has 0 unspecified atom stereocenters. The van der Waals surface area contributed by atoms with Crippen molar-refractivity contribution < 1.29 is 14.6 Å². The molecule has 0 amide bonds. The van der Waals surface area contributed by atoms with Gasteiger partial charge in [-0.15, -0.1) is 0 Å². The van der Waals surface area contributed by atoms with E-state index in [2.05, 4.69) is 6.92 Å². The SMILES string of the molecule is CCCCCCCCCCCCCCOOC(=O)c1ccccc1. The zero-order valence-corrected chi connectivity index (χ0v) is 15.3. The fraction of sp³-hybridized carbons (Fsp3) is 0.667. The van der Waals surface area contributed by atoms with Crippen molar-refractivity contribution in [3.05, 3.63) is 35.9 Å². The molecule has 0 fully saturated rings. The van der Waals surface area contributed by atoms with Crippen LogP contribution in [0.2, 0.25) is 0 Å². The van der Waals surface area contributed by atoms with Crippen molar-refractivity contribution >= 4 is 5.97 Å². The van der Waals surface area contributed by atoms with E-state index in [4.69, 9.17) is 9.78 Å². The van der Waals surface area contributed by atoms with Crippen molar-refractivity contribution in [3.8, 4) is 0 Å². The van der Waals surface area contributed by atoms with Crippen LogP contribution in [0.1, 0.15) is 94.3 Å². The first-order valence-corrected chi connectivity index (χ1v) is 9.73. The molecule has 0 saturated carbocycles. The Morgan fingerprint density at radius 1 is 0.750 bits per heavy atom. The quantitative estimate of drug-likeness (QED) is 0.209. The van der Waals surface area contributed by atoms with E-state index < -0.39 is 5.97 Å². The fourth-order valence-electron chi connectivity index (χ4n) is 2.72. The molecule has 1 aromatic rings. The summed E-state index contributed by atoms with van der Waals surface area (Å²) in [6.07, 6.45) is 15.7. The molecule has 0 aliphatic carbocycles. The Labute approximate surface area is 147 Å². The minimum Gasteiger partial charge on any atom is -0.293 e. The van der Waals surface area contributed by atoms with Crippen molar-refractivity contribution in [2.45, 2.75) is 84.0 Å². The van der Waals surface area contributed by atoms with E-state index in [-0.39, 0.29) is 0 Å². The number of carbonyl (C=O) groups excluding carboxylic acids is 1. The lowest BCUT2D eigenvalue weighted by atomic mass is 10.1. The van der Waals surface area contributed by atoms with Gasteiger partial charge < -0.3 is 0 Å². The van der Waals surface area contributed by atoms with E-state index in [1.165, 1.54) is 64.2 Å². The fourth-order valence-corrected chi connectivity index (χ4v) is 2.72. The number of carbonyl (C=O) groups is 1. The molecule has 0 radical (unpaired) electrons. The van der Waals surface area contributed by atoms with E-state index in [0.29, 0.717) is 12.2 Å². The van der Waals surface area contributed by atoms with Crippen LogP contribution < -0.4 is 0 Å². The summed E-state index contributed by atoms with van der Waals surface area (Å²) in [7, 11) is 0. The second-order valence-electron chi connectivity index (χ2n) is 6.45. The maximum atomic E-state index is 11.6. The van der Waals surface area contributed by atoms with E-state index >= 15 is 0 Å². The second-order valence-corrected chi connectivity index (χ2v) is 6.45. The number of hydrogen-bond donors (Lipinski definition) is 0. The average Bonchev–Trinajstić information content (AvgIpc) is 2.62. The molecule has 0 saturated heterocycles. The van der Waals surface area contributed by atoms with Gasteiger partial charge in [-0.2, -0.15) is 4.89 Å². The number of rotatable bonds is 15. The van der Waals surface area contributed by atoms with Gasteiger partial charge in [0.2, 0.25) is 0 Å². The van der Waals surface area contributed by atoms with Crippen LogP contribution in [-0.2, 0) is 9.78 Å². The van der Waals surface area contributed by atoms with Crippen LogP contribution in [-0.4, -0.2) is 12.6 Å². The first-order chi connectivity index (χ1) is 11.8. The van der Waals surface area contributed by atoms with Crippen molar-refractivity contribution in [2.24, 2.45) is 0 Å². The molecule has 24 heavy (non-hydrogen) atoms. The van der Waals surface area contributed by atoms with Crippen LogP contribution in [0.4, 0.5) is 0 Å². The van der Waals surface area contributed by atoms with Crippen LogP contribution in [0.5, 0.6) is 0 Å². The minimum atomic E-state index is -0.422. The topological polar surface area (TPSA) is 35.5 Å². The standard InChI is InChI=1S/C21H34O3/c1-2-3-4-5-6-7-8-9-10-11-12-16-19-23-24-21(22)20-17-14-13-15-18-20/h13-15,17-18H,2-12,16,19H2,1H3. The van der Waals surface area contributed by atoms with Gasteiger partial charge in [-0.3, -0.25) is 4.89 Å². The van der Waals surface area contributed by atoms with Crippen LogP contribution in [0.15, 0.2) is 30.3 Å². The molecule has 0 heterocycles. The molecular formula is C21H34O3. The smallest absolute Gasteiger partial charge is 0.293 e. The van der Waals surface area contributed by atoms with E-state index in [9.17, 15) is 4.79 Å². The number of unbranched alkanes of at least 4 members (excludes halogenated alkanes) is 11. The lowest BCUT2D eigenvalue weighted by Crippen LogP contribution is -2.06. The molecule has 0 bridgehead atoms. The lowest BCUT2D eigenvalue weighted by molar-refractivity contribution is -0.241. The molecule has 1 rings (SSSR count). The van der Waals surface area contributed by atoms with Crippen LogP contribution in [0, 0.1) is 0 Å². The van der Waals surface area contributed by atoms with Gasteiger partial charge in [0.25, 0.3) is 0 Å². The maximum Gasteiger partial charge on any atom is 0.373 e. The Morgan fingerprint density at radius 3 is 1.79 bits per heavy atom. The largest absolute Gasteiger partial charge is 0.373 e. The van der Waals surface area contributed by atoms with E-state index in [1.54, 1.807) is 12.1 Å². The summed E-state index contributed by atoms with van der Waals surface area (Å²) in [6.45, 7) is 2.74. The molecule has 1 aromatic carbocycles. The summed E-state index contributed by atoms with van der Waals surface area (Å²) in [5.41, 5.74) is 0.521. The minimum absolute atomic E-state index is 0.422. The van der Waals surface area contributed by atoms with Gasteiger partial charge in [0.15, 0.2) is 0 Å². The third-order valence-electron chi connectivity index (χ3n) is 4.23. The Hall–Kier alpha value is -1.35. The predicted molar refractivity (Wildman–Crippen MR) is 98.9 cm³/mol. The monoisotopic (exact) mass is 334 g/mol. The molecule has 0 N–H and O–H groups in total. The average molecular weight is 334 g/mol. The van der Waals surface area contributed by atoms with Gasteiger partial charge in [0.1, 0.15) is 0 Å². The molecule has 3 heteroatoms. The van der Waals surface area contributed by atoms with Crippen molar-refractivity contribution in [1.82, 2.24) is 0 Å². The Kier molecular flexibility index (Phi) is 13.1. The summed E-state index contributed by atoms with van der Waals surface area (Å²) >= 11 is 0. The summed E-state index contributed by atoms with van der Waals surface area (Å²) in [6, 6.07) is 8.92. The normalized spacial score (nSPS) is 10.7. The van der Waals surface area contributed by atoms with E-state index in [0.717, 1.165) is 12.8 Å². The Balaban J connectivity index is 1.80. The summed E-state index contributed by atoms with van der Waals surface area (Å²) in [5, 5.41) is 0. The van der Waals surface area contributed by atoms with Crippen molar-refractivity contribution in [1.29, 1.82) is 0 Å². The second kappa shape index (κ2) is 15.2. The van der Waals surface area contributed by atoms with Crippen molar-refractivity contribution in [3.63, 3.8) is 0 Å². The van der Waals surface area contributed by atoms with Crippen LogP contribution >= 0.6 is 0 Å². The van der Waals surface area contributed by atoms with Gasteiger partial charge in [-0.05, 0) is 18.6 Å². The maximum absolute atomic E-state index is 11.6. The first kappa shape index (κ1) is 20.7. The molecule has 0 aliphatic rings. The van der Waals surface area contributed by atoms with Crippen LogP contribution in [0.3, 0.4) is 0 Å². The molecule has 0 spiro atoms. The molecule has 0 atom stereocenters. The first-order valence-electron chi connectivity index (χ1n) is 9.73. The Morgan fingerprint density at radius 2 is 1.25 bits per heavy atom. The van der Waals surface area contributed by atoms with Gasteiger partial charge in [0, 0.05) is 0 Å². The molecule has 3 nitrogen and oxygen atoms in total.